The van der Waals surface area contributed by atoms with Crippen molar-refractivity contribution in [1.82, 2.24) is 9.80 Å². The zero-order chi connectivity index (χ0) is 26.1. The van der Waals surface area contributed by atoms with Crippen molar-refractivity contribution in [2.75, 3.05) is 19.8 Å². The van der Waals surface area contributed by atoms with Crippen molar-refractivity contribution in [2.24, 2.45) is 17.8 Å². The molecule has 2 unspecified atom stereocenters. The van der Waals surface area contributed by atoms with Gasteiger partial charge in [0.1, 0.15) is 17.6 Å². The van der Waals surface area contributed by atoms with E-state index in [1.54, 1.807) is 17.1 Å². The summed E-state index contributed by atoms with van der Waals surface area (Å²) < 4.78 is 12.3. The number of carbonyl (C=O) groups excluding carboxylic acids is 3. The number of carbonyl (C=O) groups is 3. The maximum Gasteiger partial charge on any atom is 0.312 e. The van der Waals surface area contributed by atoms with Crippen LogP contribution < -0.4 is 0 Å². The number of amides is 2. The van der Waals surface area contributed by atoms with Crippen LogP contribution in [0.2, 0.25) is 0 Å². The minimum atomic E-state index is -1.14. The lowest BCUT2D eigenvalue weighted by Gasteiger charge is -2.41. The SMILES string of the molecule is C=CCCOC(=O)[C@@H]1[C@H]2C(=O)N([C@@H](CO)C(C)C)C(C(=O)N(CC=C)C(C)C)C23CC[C@@]1(CC)O3. The summed E-state index contributed by atoms with van der Waals surface area (Å²) in [6.45, 7) is 17.3. The lowest BCUT2D eigenvalue weighted by molar-refractivity contribution is -0.164. The molecule has 1 spiro atoms. The molecule has 2 amide bonds. The average Bonchev–Trinajstić information content (AvgIpc) is 3.41. The Hall–Kier alpha value is -2.19. The van der Waals surface area contributed by atoms with Crippen molar-refractivity contribution in [3.63, 3.8) is 0 Å². The van der Waals surface area contributed by atoms with Gasteiger partial charge in [-0.3, -0.25) is 14.4 Å². The Morgan fingerprint density at radius 2 is 1.94 bits per heavy atom. The minimum absolute atomic E-state index is 0.100. The van der Waals surface area contributed by atoms with E-state index in [4.69, 9.17) is 9.47 Å². The number of likely N-dealkylation sites (tertiary alicyclic amines) is 1. The van der Waals surface area contributed by atoms with Gasteiger partial charge >= 0.3 is 5.97 Å². The second kappa shape index (κ2) is 10.4. The Labute approximate surface area is 209 Å². The number of hydrogen-bond donors (Lipinski definition) is 1. The van der Waals surface area contributed by atoms with Crippen molar-refractivity contribution in [3.05, 3.63) is 25.3 Å². The molecule has 0 saturated carbocycles. The van der Waals surface area contributed by atoms with E-state index in [0.29, 0.717) is 32.2 Å². The van der Waals surface area contributed by atoms with Crippen LogP contribution in [-0.4, -0.2) is 81.8 Å². The van der Waals surface area contributed by atoms with Gasteiger partial charge in [-0.2, -0.15) is 0 Å². The van der Waals surface area contributed by atoms with E-state index in [-0.39, 0.29) is 37.0 Å². The number of fused-ring (bicyclic) bond motifs is 1. The second-order valence-electron chi connectivity index (χ2n) is 10.7. The summed E-state index contributed by atoms with van der Waals surface area (Å²) >= 11 is 0. The van der Waals surface area contributed by atoms with Crippen LogP contribution in [0.15, 0.2) is 25.3 Å². The Kier molecular flexibility index (Phi) is 8.16. The number of esters is 1. The Bertz CT molecular complexity index is 857. The van der Waals surface area contributed by atoms with Gasteiger partial charge in [0.15, 0.2) is 0 Å². The van der Waals surface area contributed by atoms with Gasteiger partial charge < -0.3 is 24.4 Å². The first-order valence-corrected chi connectivity index (χ1v) is 12.9. The molecule has 8 nitrogen and oxygen atoms in total. The molecule has 8 heteroatoms. The minimum Gasteiger partial charge on any atom is -0.465 e. The zero-order valence-electron chi connectivity index (χ0n) is 21.9. The number of ether oxygens (including phenoxy) is 2. The lowest BCUT2D eigenvalue weighted by Crippen LogP contribution is -2.60. The standard InChI is InChI=1S/C27H42N2O6/c1-8-11-15-34-25(33)21-20-23(31)29(19(16-30)17(4)5)22(24(32)28(14-9-2)18(6)7)27(20)13-12-26(21,10-3)35-27/h8-9,17-22,30H,1-2,10-16H2,3-7H3/t19-,20-,21-,22?,26+,27?/m0/s1. The third-order valence-electron chi connectivity index (χ3n) is 8.22. The summed E-state index contributed by atoms with van der Waals surface area (Å²) in [5.74, 6) is -2.72. The molecule has 6 atom stereocenters. The van der Waals surface area contributed by atoms with Crippen LogP contribution in [-0.2, 0) is 23.9 Å². The van der Waals surface area contributed by atoms with Crippen molar-refractivity contribution < 1.29 is 29.0 Å². The molecule has 2 bridgehead atoms. The molecule has 35 heavy (non-hydrogen) atoms. The third-order valence-corrected chi connectivity index (χ3v) is 8.22. The lowest BCUT2D eigenvalue weighted by atomic mass is 9.65. The summed E-state index contributed by atoms with van der Waals surface area (Å²) in [6, 6.07) is -1.63. The topological polar surface area (TPSA) is 96.4 Å². The molecule has 3 fully saturated rings. The Balaban J connectivity index is 2.14. The highest BCUT2D eigenvalue weighted by atomic mass is 16.6. The van der Waals surface area contributed by atoms with E-state index >= 15 is 0 Å². The maximum atomic E-state index is 14.2. The monoisotopic (exact) mass is 490 g/mol. The molecule has 0 radical (unpaired) electrons. The molecule has 3 aliphatic rings. The highest BCUT2D eigenvalue weighted by Crippen LogP contribution is 2.65. The molecule has 1 N–H and O–H groups in total. The summed E-state index contributed by atoms with van der Waals surface area (Å²) in [7, 11) is 0. The summed E-state index contributed by atoms with van der Waals surface area (Å²) in [6.07, 6.45) is 5.46. The van der Waals surface area contributed by atoms with Crippen molar-refractivity contribution in [1.29, 1.82) is 0 Å². The molecular formula is C27H42N2O6. The Morgan fingerprint density at radius 3 is 2.46 bits per heavy atom. The van der Waals surface area contributed by atoms with Crippen LogP contribution in [0.3, 0.4) is 0 Å². The summed E-state index contributed by atoms with van der Waals surface area (Å²) in [4.78, 5) is 45.0. The number of aliphatic hydroxyl groups excluding tert-OH is 1. The number of hydrogen-bond acceptors (Lipinski definition) is 6. The summed E-state index contributed by atoms with van der Waals surface area (Å²) in [5.41, 5.74) is -1.98. The first kappa shape index (κ1) is 27.4. The van der Waals surface area contributed by atoms with Crippen LogP contribution in [0.1, 0.15) is 60.3 Å². The van der Waals surface area contributed by atoms with Crippen molar-refractivity contribution in [2.45, 2.75) is 89.6 Å². The Morgan fingerprint density at radius 1 is 1.26 bits per heavy atom. The van der Waals surface area contributed by atoms with Crippen LogP contribution in [0, 0.1) is 17.8 Å². The van der Waals surface area contributed by atoms with E-state index in [0.717, 1.165) is 0 Å². The maximum absolute atomic E-state index is 14.2. The van der Waals surface area contributed by atoms with Gasteiger partial charge in [-0.15, -0.1) is 13.2 Å². The molecule has 3 heterocycles. The zero-order valence-corrected chi connectivity index (χ0v) is 21.9. The molecule has 3 aliphatic heterocycles. The highest BCUT2D eigenvalue weighted by molar-refractivity contribution is 5.99. The van der Waals surface area contributed by atoms with E-state index < -0.39 is 41.1 Å². The van der Waals surface area contributed by atoms with Crippen molar-refractivity contribution in [3.8, 4) is 0 Å². The number of nitrogens with zero attached hydrogens (tertiary/aromatic N) is 2. The van der Waals surface area contributed by atoms with Crippen LogP contribution in [0.25, 0.3) is 0 Å². The largest absolute Gasteiger partial charge is 0.465 e. The normalized spacial score (nSPS) is 32.2. The smallest absolute Gasteiger partial charge is 0.312 e. The predicted octanol–water partition coefficient (Wildman–Crippen LogP) is 2.70. The van der Waals surface area contributed by atoms with Gasteiger partial charge in [-0.05, 0) is 45.4 Å². The van der Waals surface area contributed by atoms with Crippen LogP contribution >= 0.6 is 0 Å². The highest BCUT2D eigenvalue weighted by Gasteiger charge is 2.79. The first-order valence-electron chi connectivity index (χ1n) is 12.9. The van der Waals surface area contributed by atoms with E-state index in [1.807, 2.05) is 34.6 Å². The molecule has 0 aromatic carbocycles. The molecule has 3 rings (SSSR count). The molecule has 196 valence electrons. The van der Waals surface area contributed by atoms with Gasteiger partial charge in [0, 0.05) is 12.6 Å². The quantitative estimate of drug-likeness (QED) is 0.257. The molecule has 0 aromatic rings. The molecule has 0 aromatic heterocycles. The van der Waals surface area contributed by atoms with Crippen LogP contribution in [0.5, 0.6) is 0 Å². The number of rotatable bonds is 12. The molecule has 0 aliphatic carbocycles. The van der Waals surface area contributed by atoms with Gasteiger partial charge in [0.05, 0.1) is 30.8 Å². The predicted molar refractivity (Wildman–Crippen MR) is 132 cm³/mol. The molecular weight excluding hydrogens is 448 g/mol. The van der Waals surface area contributed by atoms with Crippen LogP contribution in [0.4, 0.5) is 0 Å². The van der Waals surface area contributed by atoms with E-state index in [9.17, 15) is 19.5 Å². The van der Waals surface area contributed by atoms with Gasteiger partial charge in [-0.25, -0.2) is 0 Å². The van der Waals surface area contributed by atoms with E-state index in [1.165, 1.54) is 4.90 Å². The summed E-state index contributed by atoms with van der Waals surface area (Å²) in [5, 5.41) is 10.3. The fourth-order valence-electron chi connectivity index (χ4n) is 6.46. The fourth-order valence-corrected chi connectivity index (χ4v) is 6.46. The second-order valence-corrected chi connectivity index (χ2v) is 10.7. The van der Waals surface area contributed by atoms with Crippen molar-refractivity contribution >= 4 is 17.8 Å². The van der Waals surface area contributed by atoms with Gasteiger partial charge in [0.25, 0.3) is 0 Å². The first-order chi connectivity index (χ1) is 16.6. The molecule has 3 saturated heterocycles. The number of aliphatic hydroxyl groups is 1. The third kappa shape index (κ3) is 4.22. The van der Waals surface area contributed by atoms with E-state index in [2.05, 4.69) is 13.2 Å². The van der Waals surface area contributed by atoms with Gasteiger partial charge in [-0.1, -0.05) is 32.9 Å². The average molecular weight is 491 g/mol. The fraction of sp³-hybridized carbons (Fsp3) is 0.741. The van der Waals surface area contributed by atoms with Gasteiger partial charge in [0.2, 0.25) is 11.8 Å².